The number of nitrogens with zero attached hydrogens (tertiary/aromatic N) is 3. The molecule has 1 aliphatic rings. The first-order valence-electron chi connectivity index (χ1n) is 8.04. The van der Waals surface area contributed by atoms with Gasteiger partial charge in [-0.25, -0.2) is 0 Å². The number of amides is 1. The Morgan fingerprint density at radius 1 is 1.29 bits per heavy atom. The van der Waals surface area contributed by atoms with Crippen LogP contribution in [0, 0.1) is 6.92 Å². The molecule has 0 unspecified atom stereocenters. The largest absolute Gasteiger partial charge is 0.363 e. The van der Waals surface area contributed by atoms with Crippen molar-refractivity contribution in [3.05, 3.63) is 29.8 Å². The zero-order valence-corrected chi connectivity index (χ0v) is 14.2. The number of ether oxygens (including phenoxy) is 1. The van der Waals surface area contributed by atoms with Gasteiger partial charge in [0, 0.05) is 26.2 Å². The molecule has 7 nitrogen and oxygen atoms in total. The Morgan fingerprint density at radius 2 is 2.04 bits per heavy atom. The van der Waals surface area contributed by atoms with Gasteiger partial charge in [-0.3, -0.25) is 4.79 Å². The lowest BCUT2D eigenvalue weighted by atomic mass is 10.1. The highest BCUT2D eigenvalue weighted by atomic mass is 16.5. The summed E-state index contributed by atoms with van der Waals surface area (Å²) in [5.41, 5.74) is 2.09. The second-order valence-electron chi connectivity index (χ2n) is 6.23. The highest BCUT2D eigenvalue weighted by Crippen LogP contribution is 2.22. The molecule has 0 aliphatic carbocycles. The number of anilines is 1. The number of benzene rings is 1. The number of nitrogens with one attached hydrogen (secondary N) is 1. The van der Waals surface area contributed by atoms with Gasteiger partial charge in [0.1, 0.15) is 6.10 Å². The molecule has 0 bridgehead atoms. The summed E-state index contributed by atoms with van der Waals surface area (Å²) in [6.07, 6.45) is 1.18. The first-order chi connectivity index (χ1) is 11.5. The van der Waals surface area contributed by atoms with E-state index >= 15 is 0 Å². The first-order valence-corrected chi connectivity index (χ1v) is 8.04. The highest BCUT2D eigenvalue weighted by molar-refractivity contribution is 5.80. The van der Waals surface area contributed by atoms with E-state index < -0.39 is 0 Å². The summed E-state index contributed by atoms with van der Waals surface area (Å²) >= 11 is 0. The number of aromatic nitrogens is 2. The van der Waals surface area contributed by atoms with Gasteiger partial charge in [0.05, 0.1) is 6.10 Å². The van der Waals surface area contributed by atoms with Gasteiger partial charge < -0.3 is 19.5 Å². The van der Waals surface area contributed by atoms with Crippen molar-refractivity contribution in [1.29, 1.82) is 0 Å². The summed E-state index contributed by atoms with van der Waals surface area (Å²) in [5, 5.41) is 7.06. The summed E-state index contributed by atoms with van der Waals surface area (Å²) in [5.74, 6) is 0.558. The Labute approximate surface area is 141 Å². The van der Waals surface area contributed by atoms with Gasteiger partial charge in [-0.2, -0.15) is 4.98 Å². The van der Waals surface area contributed by atoms with Crippen LogP contribution < -0.4 is 5.32 Å². The first kappa shape index (κ1) is 16.4. The highest BCUT2D eigenvalue weighted by Gasteiger charge is 2.31. The van der Waals surface area contributed by atoms with Crippen LogP contribution in [0.4, 0.5) is 6.01 Å². The maximum atomic E-state index is 11.9. The van der Waals surface area contributed by atoms with E-state index in [1.54, 1.807) is 19.0 Å². The van der Waals surface area contributed by atoms with E-state index in [0.717, 1.165) is 18.4 Å². The van der Waals surface area contributed by atoms with Gasteiger partial charge in [-0.15, -0.1) is 0 Å². The predicted molar refractivity (Wildman–Crippen MR) is 89.5 cm³/mol. The molecular weight excluding hydrogens is 308 g/mol. The summed E-state index contributed by atoms with van der Waals surface area (Å²) in [6, 6.07) is 8.29. The van der Waals surface area contributed by atoms with Crippen LogP contribution in [0.5, 0.6) is 0 Å². The minimum Gasteiger partial charge on any atom is -0.363 e. The third kappa shape index (κ3) is 3.73. The minimum absolute atomic E-state index is 0.0111. The second kappa shape index (κ2) is 7.00. The number of likely N-dealkylation sites (N-methyl/N-ethyl adjacent to an activating group) is 1. The third-order valence-corrected chi connectivity index (χ3v) is 4.04. The number of hydrogen-bond acceptors (Lipinski definition) is 6. The van der Waals surface area contributed by atoms with E-state index in [4.69, 9.17) is 9.26 Å². The third-order valence-electron chi connectivity index (χ3n) is 4.04. The molecule has 0 saturated carbocycles. The minimum atomic E-state index is -0.349. The van der Waals surface area contributed by atoms with Crippen molar-refractivity contribution in [2.24, 2.45) is 0 Å². The molecule has 1 aromatic heterocycles. The number of carbonyl (C=O) groups excluding carboxylic acids is 1. The molecule has 1 saturated heterocycles. The monoisotopic (exact) mass is 330 g/mol. The topological polar surface area (TPSA) is 80.5 Å². The van der Waals surface area contributed by atoms with Gasteiger partial charge in [-0.05, 0) is 19.8 Å². The molecule has 1 N–H and O–H groups in total. The number of rotatable bonds is 5. The Hall–Kier alpha value is -2.41. The van der Waals surface area contributed by atoms with E-state index in [9.17, 15) is 4.79 Å². The molecule has 0 radical (unpaired) electrons. The van der Waals surface area contributed by atoms with Crippen LogP contribution in [0.1, 0.15) is 18.4 Å². The molecule has 2 aromatic rings. The SMILES string of the molecule is Cc1ccc(-c2noc(NC[C@@H]3CC[C@@H](C(=O)N(C)C)O3)n2)cc1. The molecule has 2 atom stereocenters. The number of hydrogen-bond donors (Lipinski definition) is 1. The fraction of sp³-hybridized carbons (Fsp3) is 0.471. The van der Waals surface area contributed by atoms with E-state index in [1.807, 2.05) is 31.2 Å². The summed E-state index contributed by atoms with van der Waals surface area (Å²) < 4.78 is 11.0. The Morgan fingerprint density at radius 3 is 2.75 bits per heavy atom. The summed E-state index contributed by atoms with van der Waals surface area (Å²) in [7, 11) is 3.48. The molecule has 1 aromatic carbocycles. The normalized spacial score (nSPS) is 20.1. The van der Waals surface area contributed by atoms with E-state index in [-0.39, 0.29) is 18.1 Å². The maximum Gasteiger partial charge on any atom is 0.321 e. The number of aryl methyl sites for hydroxylation is 1. The smallest absolute Gasteiger partial charge is 0.321 e. The van der Waals surface area contributed by atoms with Crippen molar-refractivity contribution in [3.8, 4) is 11.4 Å². The molecule has 7 heteroatoms. The molecular formula is C17H22N4O3. The molecule has 24 heavy (non-hydrogen) atoms. The van der Waals surface area contributed by atoms with Crippen LogP contribution in [0.2, 0.25) is 0 Å². The Bertz CT molecular complexity index is 696. The number of carbonyl (C=O) groups is 1. The van der Waals surface area contributed by atoms with Gasteiger partial charge in [0.15, 0.2) is 0 Å². The summed E-state index contributed by atoms with van der Waals surface area (Å²) in [4.78, 5) is 17.8. The molecule has 1 aliphatic heterocycles. The van der Waals surface area contributed by atoms with Gasteiger partial charge in [-0.1, -0.05) is 35.0 Å². The van der Waals surface area contributed by atoms with Crippen molar-refractivity contribution < 1.29 is 14.1 Å². The lowest BCUT2D eigenvalue weighted by molar-refractivity contribution is -0.140. The standard InChI is InChI=1S/C17H22N4O3/c1-11-4-6-12(7-5-11)15-19-17(24-20-15)18-10-13-8-9-14(23-13)16(22)21(2)3/h4-7,13-14H,8-10H2,1-3H3,(H,18,19,20)/t13-,14-/m0/s1. The van der Waals surface area contributed by atoms with Crippen LogP contribution in [0.15, 0.2) is 28.8 Å². The van der Waals surface area contributed by atoms with Gasteiger partial charge >= 0.3 is 6.01 Å². The fourth-order valence-electron chi connectivity index (χ4n) is 2.64. The van der Waals surface area contributed by atoms with Gasteiger partial charge in [0.25, 0.3) is 5.91 Å². The van der Waals surface area contributed by atoms with Crippen molar-refractivity contribution in [3.63, 3.8) is 0 Å². The van der Waals surface area contributed by atoms with Crippen LogP contribution in [0.25, 0.3) is 11.4 Å². The molecule has 3 rings (SSSR count). The van der Waals surface area contributed by atoms with E-state index in [0.29, 0.717) is 18.4 Å². The van der Waals surface area contributed by atoms with Crippen LogP contribution >= 0.6 is 0 Å². The lowest BCUT2D eigenvalue weighted by Gasteiger charge is -2.17. The Kier molecular flexibility index (Phi) is 4.80. The van der Waals surface area contributed by atoms with Crippen molar-refractivity contribution in [2.45, 2.75) is 32.0 Å². The second-order valence-corrected chi connectivity index (χ2v) is 6.23. The van der Waals surface area contributed by atoms with E-state index in [2.05, 4.69) is 15.5 Å². The average Bonchev–Trinajstić information content (AvgIpc) is 3.22. The zero-order chi connectivity index (χ0) is 17.1. The lowest BCUT2D eigenvalue weighted by Crippen LogP contribution is -2.34. The van der Waals surface area contributed by atoms with Crippen LogP contribution in [-0.4, -0.2) is 53.8 Å². The van der Waals surface area contributed by atoms with Crippen LogP contribution in [0.3, 0.4) is 0 Å². The molecule has 0 spiro atoms. The molecule has 2 heterocycles. The molecule has 1 fully saturated rings. The molecule has 1 amide bonds. The van der Waals surface area contributed by atoms with E-state index in [1.165, 1.54) is 5.56 Å². The summed E-state index contributed by atoms with van der Waals surface area (Å²) in [6.45, 7) is 2.57. The predicted octanol–water partition coefficient (Wildman–Crippen LogP) is 2.09. The molecule has 128 valence electrons. The quantitative estimate of drug-likeness (QED) is 0.904. The average molecular weight is 330 g/mol. The Balaban J connectivity index is 1.53. The van der Waals surface area contributed by atoms with Gasteiger partial charge in [0.2, 0.25) is 5.82 Å². The van der Waals surface area contributed by atoms with Crippen LogP contribution in [-0.2, 0) is 9.53 Å². The van der Waals surface area contributed by atoms with Crippen molar-refractivity contribution >= 4 is 11.9 Å². The maximum absolute atomic E-state index is 11.9. The zero-order valence-electron chi connectivity index (χ0n) is 14.2. The fourth-order valence-corrected chi connectivity index (χ4v) is 2.64. The van der Waals surface area contributed by atoms with Crippen molar-refractivity contribution in [1.82, 2.24) is 15.0 Å². The van der Waals surface area contributed by atoms with Crippen molar-refractivity contribution in [2.75, 3.05) is 26.0 Å².